The molecule has 2 aromatic heterocycles. The molecule has 0 saturated carbocycles. The van der Waals surface area contributed by atoms with Gasteiger partial charge < -0.3 is 9.26 Å². The summed E-state index contributed by atoms with van der Waals surface area (Å²) in [6.07, 6.45) is 2.99. The topological polar surface area (TPSA) is 61.0 Å². The van der Waals surface area contributed by atoms with Crippen LogP contribution in [0.3, 0.4) is 0 Å². The standard InChI is InChI=1S/C15H12ClN3O2/c1-10(20-13-4-2-3-12(16)9-13)15-18-14(19-21-15)11-5-7-17-8-6-11/h2-10H,1H3/t10-/m0/s1. The highest BCUT2D eigenvalue weighted by Gasteiger charge is 2.16. The molecule has 2 heterocycles. The summed E-state index contributed by atoms with van der Waals surface area (Å²) >= 11 is 5.92. The van der Waals surface area contributed by atoms with Gasteiger partial charge in [-0.2, -0.15) is 4.98 Å². The third-order valence-corrected chi connectivity index (χ3v) is 3.07. The molecule has 1 atom stereocenters. The van der Waals surface area contributed by atoms with Gasteiger partial charge in [-0.15, -0.1) is 0 Å². The Hall–Kier alpha value is -2.40. The Labute approximate surface area is 126 Å². The first kappa shape index (κ1) is 13.6. The molecule has 6 heteroatoms. The molecular formula is C15H12ClN3O2. The summed E-state index contributed by atoms with van der Waals surface area (Å²) in [7, 11) is 0. The van der Waals surface area contributed by atoms with E-state index in [1.54, 1.807) is 24.5 Å². The zero-order valence-electron chi connectivity index (χ0n) is 11.2. The summed E-state index contributed by atoms with van der Waals surface area (Å²) in [5.74, 6) is 1.56. The fraction of sp³-hybridized carbons (Fsp3) is 0.133. The number of nitrogens with zero attached hydrogens (tertiary/aromatic N) is 3. The van der Waals surface area contributed by atoms with Crippen molar-refractivity contribution >= 4 is 11.6 Å². The molecule has 0 spiro atoms. The van der Waals surface area contributed by atoms with Gasteiger partial charge in [0.1, 0.15) is 5.75 Å². The molecule has 0 radical (unpaired) electrons. The summed E-state index contributed by atoms with van der Waals surface area (Å²) in [6.45, 7) is 1.84. The van der Waals surface area contributed by atoms with Gasteiger partial charge in [0, 0.05) is 23.0 Å². The van der Waals surface area contributed by atoms with Crippen molar-refractivity contribution in [3.05, 3.63) is 59.7 Å². The smallest absolute Gasteiger partial charge is 0.267 e. The van der Waals surface area contributed by atoms with Crippen molar-refractivity contribution in [2.24, 2.45) is 0 Å². The van der Waals surface area contributed by atoms with Crippen LogP contribution in [0, 0.1) is 0 Å². The van der Waals surface area contributed by atoms with Gasteiger partial charge in [-0.1, -0.05) is 22.8 Å². The second kappa shape index (κ2) is 5.93. The van der Waals surface area contributed by atoms with Crippen LogP contribution in [-0.2, 0) is 0 Å². The highest BCUT2D eigenvalue weighted by atomic mass is 35.5. The van der Waals surface area contributed by atoms with Crippen LogP contribution in [0.15, 0.2) is 53.3 Å². The Morgan fingerprint density at radius 2 is 2.00 bits per heavy atom. The van der Waals surface area contributed by atoms with E-state index in [1.165, 1.54) is 0 Å². The fourth-order valence-electron chi connectivity index (χ4n) is 1.81. The monoisotopic (exact) mass is 301 g/mol. The van der Waals surface area contributed by atoms with Crippen LogP contribution in [0.5, 0.6) is 5.75 Å². The first-order chi connectivity index (χ1) is 10.2. The molecule has 3 rings (SSSR count). The van der Waals surface area contributed by atoms with Gasteiger partial charge in [-0.05, 0) is 37.3 Å². The molecule has 0 bridgehead atoms. The van der Waals surface area contributed by atoms with Gasteiger partial charge in [0.25, 0.3) is 5.89 Å². The minimum absolute atomic E-state index is 0.369. The van der Waals surface area contributed by atoms with E-state index >= 15 is 0 Å². The van der Waals surface area contributed by atoms with E-state index in [2.05, 4.69) is 15.1 Å². The Balaban J connectivity index is 1.77. The van der Waals surface area contributed by atoms with Gasteiger partial charge in [-0.3, -0.25) is 4.98 Å². The molecule has 1 aromatic carbocycles. The Kier molecular flexibility index (Phi) is 3.83. The summed E-state index contributed by atoms with van der Waals surface area (Å²) in [4.78, 5) is 8.29. The normalized spacial score (nSPS) is 12.1. The van der Waals surface area contributed by atoms with Crippen molar-refractivity contribution in [3.63, 3.8) is 0 Å². The number of halogens is 1. The molecule has 0 fully saturated rings. The highest BCUT2D eigenvalue weighted by Crippen LogP contribution is 2.24. The van der Waals surface area contributed by atoms with Crippen molar-refractivity contribution in [1.29, 1.82) is 0 Å². The zero-order chi connectivity index (χ0) is 14.7. The van der Waals surface area contributed by atoms with E-state index in [1.807, 2.05) is 31.2 Å². The molecule has 106 valence electrons. The number of aromatic nitrogens is 3. The number of hydrogen-bond donors (Lipinski definition) is 0. The lowest BCUT2D eigenvalue weighted by Crippen LogP contribution is -2.03. The van der Waals surface area contributed by atoms with Crippen LogP contribution in [0.25, 0.3) is 11.4 Å². The van der Waals surface area contributed by atoms with Gasteiger partial charge in [-0.25, -0.2) is 0 Å². The third-order valence-electron chi connectivity index (χ3n) is 2.84. The van der Waals surface area contributed by atoms with Crippen LogP contribution in [0.4, 0.5) is 0 Å². The van der Waals surface area contributed by atoms with Gasteiger partial charge in [0.05, 0.1) is 0 Å². The maximum Gasteiger partial charge on any atom is 0.267 e. The number of hydrogen-bond acceptors (Lipinski definition) is 5. The van der Waals surface area contributed by atoms with E-state index < -0.39 is 0 Å². The Bertz CT molecular complexity index is 731. The average molecular weight is 302 g/mol. The molecule has 0 saturated heterocycles. The number of ether oxygens (including phenoxy) is 1. The maximum atomic E-state index is 5.92. The molecule has 5 nitrogen and oxygen atoms in total. The lowest BCUT2D eigenvalue weighted by atomic mass is 10.2. The van der Waals surface area contributed by atoms with Crippen LogP contribution >= 0.6 is 11.6 Å². The molecule has 21 heavy (non-hydrogen) atoms. The summed E-state index contributed by atoms with van der Waals surface area (Å²) in [6, 6.07) is 10.8. The molecule has 0 aliphatic heterocycles. The maximum absolute atomic E-state index is 5.92. The van der Waals surface area contributed by atoms with Crippen molar-refractivity contribution in [1.82, 2.24) is 15.1 Å². The van der Waals surface area contributed by atoms with Crippen molar-refractivity contribution in [2.75, 3.05) is 0 Å². The Morgan fingerprint density at radius 1 is 1.19 bits per heavy atom. The third kappa shape index (κ3) is 3.20. The molecule has 0 amide bonds. The lowest BCUT2D eigenvalue weighted by molar-refractivity contribution is 0.176. The number of pyridine rings is 1. The minimum atomic E-state index is -0.369. The van der Waals surface area contributed by atoms with Crippen LogP contribution < -0.4 is 4.74 Å². The minimum Gasteiger partial charge on any atom is -0.481 e. The molecular weight excluding hydrogens is 290 g/mol. The summed E-state index contributed by atoms with van der Waals surface area (Å²) in [5.41, 5.74) is 0.843. The predicted molar refractivity (Wildman–Crippen MR) is 78.0 cm³/mol. The molecule has 3 aromatic rings. The number of benzene rings is 1. The van der Waals surface area contributed by atoms with E-state index in [9.17, 15) is 0 Å². The first-order valence-corrected chi connectivity index (χ1v) is 6.76. The highest BCUT2D eigenvalue weighted by molar-refractivity contribution is 6.30. The van der Waals surface area contributed by atoms with Crippen molar-refractivity contribution in [2.45, 2.75) is 13.0 Å². The van der Waals surface area contributed by atoms with E-state index in [4.69, 9.17) is 20.9 Å². The van der Waals surface area contributed by atoms with E-state index in [0.717, 1.165) is 5.56 Å². The number of rotatable bonds is 4. The average Bonchev–Trinajstić information content (AvgIpc) is 2.98. The van der Waals surface area contributed by atoms with Crippen LogP contribution in [0.2, 0.25) is 5.02 Å². The molecule has 0 unspecified atom stereocenters. The summed E-state index contributed by atoms with van der Waals surface area (Å²) < 4.78 is 11.0. The zero-order valence-corrected chi connectivity index (χ0v) is 12.0. The molecule has 0 aliphatic rings. The van der Waals surface area contributed by atoms with Gasteiger partial charge >= 0.3 is 0 Å². The van der Waals surface area contributed by atoms with Crippen LogP contribution in [0.1, 0.15) is 18.9 Å². The van der Waals surface area contributed by atoms with Gasteiger partial charge in [0.15, 0.2) is 6.10 Å². The lowest BCUT2D eigenvalue weighted by Gasteiger charge is -2.10. The van der Waals surface area contributed by atoms with Crippen LogP contribution in [-0.4, -0.2) is 15.1 Å². The van der Waals surface area contributed by atoms with Crippen molar-refractivity contribution in [3.8, 4) is 17.1 Å². The quantitative estimate of drug-likeness (QED) is 0.731. The molecule has 0 N–H and O–H groups in total. The molecule has 0 aliphatic carbocycles. The summed E-state index contributed by atoms with van der Waals surface area (Å²) in [5, 5.41) is 4.56. The second-order valence-corrected chi connectivity index (χ2v) is 4.85. The SMILES string of the molecule is C[C@H](Oc1cccc(Cl)c1)c1nc(-c2ccncc2)no1. The van der Waals surface area contributed by atoms with Gasteiger partial charge in [0.2, 0.25) is 5.82 Å². The van der Waals surface area contributed by atoms with E-state index in [-0.39, 0.29) is 6.10 Å². The van der Waals surface area contributed by atoms with E-state index in [0.29, 0.717) is 22.5 Å². The predicted octanol–water partition coefficient (Wildman–Crippen LogP) is 3.93. The largest absolute Gasteiger partial charge is 0.481 e. The first-order valence-electron chi connectivity index (χ1n) is 6.38. The van der Waals surface area contributed by atoms with Crippen molar-refractivity contribution < 1.29 is 9.26 Å². The fourth-order valence-corrected chi connectivity index (χ4v) is 1.99. The Morgan fingerprint density at radius 3 is 2.76 bits per heavy atom. The second-order valence-electron chi connectivity index (χ2n) is 4.41.